The van der Waals surface area contributed by atoms with E-state index in [1.54, 1.807) is 30.4 Å². The van der Waals surface area contributed by atoms with Crippen LogP contribution in [0.5, 0.6) is 5.75 Å². The first kappa shape index (κ1) is 22.8. The van der Waals surface area contributed by atoms with E-state index >= 15 is 0 Å². The van der Waals surface area contributed by atoms with Gasteiger partial charge < -0.3 is 14.6 Å². The van der Waals surface area contributed by atoms with Crippen LogP contribution in [0.4, 0.5) is 18.9 Å². The molecule has 0 aliphatic carbocycles. The predicted molar refractivity (Wildman–Crippen MR) is 115 cm³/mol. The van der Waals surface area contributed by atoms with Gasteiger partial charge in [0.15, 0.2) is 0 Å². The lowest BCUT2D eigenvalue weighted by Gasteiger charge is -2.19. The minimum Gasteiger partial charge on any atom is -0.493 e. The van der Waals surface area contributed by atoms with Gasteiger partial charge in [-0.25, -0.2) is 4.98 Å². The van der Waals surface area contributed by atoms with Crippen molar-refractivity contribution in [2.24, 2.45) is 0 Å². The standard InChI is InChI=1S/C21H29F3N4OS/c1-2-3-4-5-6-7-12-29-18-9-8-16(13-17(18)21(22,23)24)26-20-27-19(14-30-20)28-11-10-25-15-28/h8-11,13,15,19-20,26-27H,2-7,12,14H2,1H3. The van der Waals surface area contributed by atoms with Gasteiger partial charge >= 0.3 is 6.18 Å². The molecule has 1 aromatic carbocycles. The number of rotatable bonds is 11. The number of halogens is 3. The summed E-state index contributed by atoms with van der Waals surface area (Å²) in [5.41, 5.74) is -0.522. The van der Waals surface area contributed by atoms with E-state index in [2.05, 4.69) is 22.5 Å². The van der Waals surface area contributed by atoms with E-state index in [1.807, 2.05) is 10.8 Å². The molecule has 2 N–H and O–H groups in total. The number of nitrogens with zero attached hydrogens (tertiary/aromatic N) is 2. The van der Waals surface area contributed by atoms with Crippen LogP contribution in [0.2, 0.25) is 0 Å². The molecule has 0 bridgehead atoms. The van der Waals surface area contributed by atoms with Gasteiger partial charge in [-0.15, -0.1) is 11.8 Å². The van der Waals surface area contributed by atoms with E-state index in [0.717, 1.165) is 31.1 Å². The molecule has 2 atom stereocenters. The molecular weight excluding hydrogens is 413 g/mol. The summed E-state index contributed by atoms with van der Waals surface area (Å²) in [6.45, 7) is 2.45. The molecule has 1 aliphatic rings. The number of anilines is 1. The van der Waals surface area contributed by atoms with Gasteiger partial charge in [-0.2, -0.15) is 13.2 Å². The Morgan fingerprint density at radius 2 is 2.03 bits per heavy atom. The fraction of sp³-hybridized carbons (Fsp3) is 0.571. The zero-order valence-electron chi connectivity index (χ0n) is 17.1. The van der Waals surface area contributed by atoms with Crippen LogP contribution in [0.1, 0.15) is 57.2 Å². The topological polar surface area (TPSA) is 51.1 Å². The number of benzene rings is 1. The minimum absolute atomic E-state index is 0.0528. The number of unbranched alkanes of at least 4 members (excludes halogenated alkanes) is 5. The van der Waals surface area contributed by atoms with Gasteiger partial charge in [0.25, 0.3) is 0 Å². The lowest BCUT2D eigenvalue weighted by molar-refractivity contribution is -0.138. The quantitative estimate of drug-likeness (QED) is 0.426. The predicted octanol–water partition coefficient (Wildman–Crippen LogP) is 5.87. The highest BCUT2D eigenvalue weighted by atomic mass is 32.2. The molecule has 5 nitrogen and oxygen atoms in total. The zero-order valence-corrected chi connectivity index (χ0v) is 17.9. The highest BCUT2D eigenvalue weighted by Gasteiger charge is 2.35. The average Bonchev–Trinajstić information content (AvgIpc) is 3.39. The molecule has 2 heterocycles. The zero-order chi connectivity index (χ0) is 21.4. The van der Waals surface area contributed by atoms with Crippen molar-refractivity contribution >= 4 is 17.4 Å². The molecule has 2 aromatic rings. The normalized spacial score (nSPS) is 19.2. The molecule has 1 saturated heterocycles. The number of aromatic nitrogens is 2. The number of alkyl halides is 3. The second-order valence-corrected chi connectivity index (χ2v) is 8.51. The molecule has 0 amide bonds. The van der Waals surface area contributed by atoms with E-state index < -0.39 is 11.7 Å². The first-order chi connectivity index (χ1) is 14.5. The maximum absolute atomic E-state index is 13.6. The lowest BCUT2D eigenvalue weighted by atomic mass is 10.1. The summed E-state index contributed by atoms with van der Waals surface area (Å²) in [7, 11) is 0. The number of hydrogen-bond donors (Lipinski definition) is 2. The third kappa shape index (κ3) is 6.57. The second kappa shape index (κ2) is 10.9. The molecule has 1 aliphatic heterocycles. The summed E-state index contributed by atoms with van der Waals surface area (Å²) in [5, 5.41) is 6.47. The Morgan fingerprint density at radius 3 is 2.77 bits per heavy atom. The first-order valence-corrected chi connectivity index (χ1v) is 11.5. The molecule has 2 unspecified atom stereocenters. The van der Waals surface area contributed by atoms with Gasteiger partial charge in [-0.3, -0.25) is 5.32 Å². The molecule has 166 valence electrons. The molecule has 9 heteroatoms. The van der Waals surface area contributed by atoms with E-state index in [9.17, 15) is 13.2 Å². The third-order valence-electron chi connectivity index (χ3n) is 4.99. The van der Waals surface area contributed by atoms with Crippen molar-refractivity contribution in [2.75, 3.05) is 17.7 Å². The molecule has 1 fully saturated rings. The summed E-state index contributed by atoms with van der Waals surface area (Å²) >= 11 is 1.60. The van der Waals surface area contributed by atoms with E-state index in [0.29, 0.717) is 12.3 Å². The van der Waals surface area contributed by atoms with Gasteiger partial charge in [0.1, 0.15) is 11.2 Å². The SMILES string of the molecule is CCCCCCCCOc1ccc(NC2NC(n3ccnc3)CS2)cc1C(F)(F)F. The minimum atomic E-state index is -4.47. The monoisotopic (exact) mass is 442 g/mol. The molecule has 3 rings (SSSR count). The average molecular weight is 443 g/mol. The van der Waals surface area contributed by atoms with Gasteiger partial charge in [-0.1, -0.05) is 39.0 Å². The van der Waals surface area contributed by atoms with Crippen molar-refractivity contribution in [1.29, 1.82) is 0 Å². The van der Waals surface area contributed by atoms with E-state index in [1.165, 1.54) is 25.3 Å². The summed E-state index contributed by atoms with van der Waals surface area (Å²) < 4.78 is 48.1. The van der Waals surface area contributed by atoms with Crippen molar-refractivity contribution in [3.63, 3.8) is 0 Å². The van der Waals surface area contributed by atoms with Crippen LogP contribution in [0.25, 0.3) is 0 Å². The number of thioether (sulfide) groups is 1. The smallest absolute Gasteiger partial charge is 0.420 e. The first-order valence-electron chi connectivity index (χ1n) is 10.4. The summed E-state index contributed by atoms with van der Waals surface area (Å²) in [5.74, 6) is 0.685. The third-order valence-corrected chi connectivity index (χ3v) is 6.08. The molecule has 0 radical (unpaired) electrons. The summed E-state index contributed by atoms with van der Waals surface area (Å²) in [6.07, 6.45) is 7.24. The van der Waals surface area contributed by atoms with E-state index in [-0.39, 0.29) is 17.4 Å². The van der Waals surface area contributed by atoms with Crippen LogP contribution in [-0.4, -0.2) is 27.4 Å². The Hall–Kier alpha value is -1.87. The van der Waals surface area contributed by atoms with Crippen molar-refractivity contribution in [1.82, 2.24) is 14.9 Å². The van der Waals surface area contributed by atoms with Crippen LogP contribution >= 0.6 is 11.8 Å². The van der Waals surface area contributed by atoms with Crippen LogP contribution in [-0.2, 0) is 6.18 Å². The Labute approximate surface area is 179 Å². The summed E-state index contributed by atoms with van der Waals surface area (Å²) in [6, 6.07) is 4.18. The maximum Gasteiger partial charge on any atom is 0.420 e. The fourth-order valence-corrected chi connectivity index (χ4v) is 4.47. The van der Waals surface area contributed by atoms with Gasteiger partial charge in [0.2, 0.25) is 0 Å². The largest absolute Gasteiger partial charge is 0.493 e. The molecule has 0 spiro atoms. The van der Waals surface area contributed by atoms with E-state index in [4.69, 9.17) is 4.74 Å². The molecular formula is C21H29F3N4OS. The van der Waals surface area contributed by atoms with Crippen molar-refractivity contribution in [3.8, 4) is 5.75 Å². The number of imidazole rings is 1. The second-order valence-electron chi connectivity index (χ2n) is 7.37. The Balaban J connectivity index is 1.55. The summed E-state index contributed by atoms with van der Waals surface area (Å²) in [4.78, 5) is 4.03. The fourth-order valence-electron chi connectivity index (χ4n) is 3.35. The lowest BCUT2D eigenvalue weighted by Crippen LogP contribution is -2.32. The van der Waals surface area contributed by atoms with Gasteiger partial charge in [0.05, 0.1) is 24.7 Å². The Bertz CT molecular complexity index is 770. The highest BCUT2D eigenvalue weighted by Crippen LogP contribution is 2.38. The van der Waals surface area contributed by atoms with Crippen LogP contribution < -0.4 is 15.4 Å². The van der Waals surface area contributed by atoms with Crippen LogP contribution in [0, 0.1) is 0 Å². The van der Waals surface area contributed by atoms with Gasteiger partial charge in [-0.05, 0) is 24.6 Å². The molecule has 0 saturated carbocycles. The number of hydrogen-bond acceptors (Lipinski definition) is 5. The highest BCUT2D eigenvalue weighted by molar-refractivity contribution is 8.00. The van der Waals surface area contributed by atoms with Crippen LogP contribution in [0.15, 0.2) is 36.9 Å². The van der Waals surface area contributed by atoms with Crippen molar-refractivity contribution < 1.29 is 17.9 Å². The Kier molecular flexibility index (Phi) is 8.32. The number of nitrogens with one attached hydrogen (secondary N) is 2. The van der Waals surface area contributed by atoms with Crippen molar-refractivity contribution in [3.05, 3.63) is 42.5 Å². The Morgan fingerprint density at radius 1 is 1.23 bits per heavy atom. The van der Waals surface area contributed by atoms with Gasteiger partial charge in [0, 0.05) is 23.8 Å². The molecule has 30 heavy (non-hydrogen) atoms. The maximum atomic E-state index is 13.6. The van der Waals surface area contributed by atoms with Crippen LogP contribution in [0.3, 0.4) is 0 Å². The molecule has 1 aromatic heterocycles. The van der Waals surface area contributed by atoms with Crippen molar-refractivity contribution in [2.45, 2.75) is 63.3 Å². The number of ether oxygens (including phenoxy) is 1.